The van der Waals surface area contributed by atoms with Crippen LogP contribution in [0.3, 0.4) is 0 Å². The van der Waals surface area contributed by atoms with Crippen LogP contribution in [0.1, 0.15) is 22.3 Å². The second-order valence-electron chi connectivity index (χ2n) is 6.10. The molecule has 3 rings (SSSR count). The Morgan fingerprint density at radius 1 is 0.957 bits per heavy atom. The molecule has 0 spiro atoms. The number of hydrogen-bond acceptors (Lipinski definition) is 2. The van der Waals surface area contributed by atoms with E-state index in [0.717, 1.165) is 37.3 Å². The molecule has 1 atom stereocenters. The smallest absolute Gasteiger partial charge is 0.326 e. The van der Waals surface area contributed by atoms with E-state index < -0.39 is 11.7 Å². The van der Waals surface area contributed by atoms with E-state index in [1.54, 1.807) is 0 Å². The van der Waals surface area contributed by atoms with Crippen LogP contribution in [0.25, 0.3) is 0 Å². The molecular formula is C18H19F3N2. The number of benzene rings is 2. The van der Waals surface area contributed by atoms with Gasteiger partial charge in [-0.25, -0.2) is 0 Å². The fourth-order valence-corrected chi connectivity index (χ4v) is 3.06. The Bertz CT molecular complexity index is 640. The molecule has 1 aliphatic heterocycles. The lowest BCUT2D eigenvalue weighted by atomic mass is 10.0. The zero-order valence-corrected chi connectivity index (χ0v) is 12.7. The first-order chi connectivity index (χ1) is 10.9. The van der Waals surface area contributed by atoms with E-state index in [1.807, 2.05) is 12.1 Å². The topological polar surface area (TPSA) is 29.3 Å². The van der Waals surface area contributed by atoms with Crippen LogP contribution in [0.2, 0.25) is 0 Å². The summed E-state index contributed by atoms with van der Waals surface area (Å²) in [4.78, 5) is 2.28. The van der Waals surface area contributed by atoms with E-state index >= 15 is 0 Å². The third kappa shape index (κ3) is 3.92. The number of halogens is 3. The normalized spacial score (nSPS) is 16.3. The molecule has 1 aliphatic rings. The Hall–Kier alpha value is -1.85. The van der Waals surface area contributed by atoms with Crippen molar-refractivity contribution < 1.29 is 13.2 Å². The summed E-state index contributed by atoms with van der Waals surface area (Å²) in [5.74, 6) is 0. The number of hydrogen-bond donors (Lipinski definition) is 1. The van der Waals surface area contributed by atoms with Crippen LogP contribution >= 0.6 is 0 Å². The molecule has 2 nitrogen and oxygen atoms in total. The van der Waals surface area contributed by atoms with Crippen molar-refractivity contribution in [1.29, 1.82) is 0 Å². The summed E-state index contributed by atoms with van der Waals surface area (Å²) in [5.41, 5.74) is 9.05. The second-order valence-corrected chi connectivity index (χ2v) is 6.10. The van der Waals surface area contributed by atoms with Gasteiger partial charge in [0, 0.05) is 25.7 Å². The van der Waals surface area contributed by atoms with Crippen molar-refractivity contribution >= 4 is 0 Å². The molecule has 0 fully saturated rings. The Labute approximate surface area is 133 Å². The summed E-state index contributed by atoms with van der Waals surface area (Å²) in [7, 11) is 0. The molecule has 2 aromatic carbocycles. The first-order valence-electron chi connectivity index (χ1n) is 7.62. The minimum absolute atomic E-state index is 0.0963. The number of nitrogens with two attached hydrogens (primary N) is 1. The molecule has 0 aliphatic carbocycles. The van der Waals surface area contributed by atoms with Crippen LogP contribution in [0.4, 0.5) is 13.2 Å². The zero-order valence-electron chi connectivity index (χ0n) is 12.7. The van der Waals surface area contributed by atoms with Gasteiger partial charge in [-0.05, 0) is 35.2 Å². The van der Waals surface area contributed by atoms with Crippen LogP contribution in [0.5, 0.6) is 0 Å². The highest BCUT2D eigenvalue weighted by Crippen LogP contribution is 2.29. The van der Waals surface area contributed by atoms with Gasteiger partial charge in [0.05, 0.1) is 5.56 Å². The van der Waals surface area contributed by atoms with Crippen molar-refractivity contribution in [2.24, 2.45) is 5.73 Å². The van der Waals surface area contributed by atoms with Gasteiger partial charge in [0.1, 0.15) is 0 Å². The molecule has 23 heavy (non-hydrogen) atoms. The first kappa shape index (κ1) is 16.0. The van der Waals surface area contributed by atoms with Crippen LogP contribution < -0.4 is 5.73 Å². The van der Waals surface area contributed by atoms with E-state index in [-0.39, 0.29) is 6.04 Å². The van der Waals surface area contributed by atoms with E-state index in [4.69, 9.17) is 5.73 Å². The van der Waals surface area contributed by atoms with Crippen molar-refractivity contribution in [3.63, 3.8) is 0 Å². The average Bonchev–Trinajstić information content (AvgIpc) is 2.88. The summed E-state index contributed by atoms with van der Waals surface area (Å²) >= 11 is 0. The van der Waals surface area contributed by atoms with Gasteiger partial charge in [-0.15, -0.1) is 0 Å². The molecule has 0 saturated heterocycles. The highest BCUT2D eigenvalue weighted by molar-refractivity contribution is 5.30. The Kier molecular flexibility index (Phi) is 4.41. The summed E-state index contributed by atoms with van der Waals surface area (Å²) in [6.45, 7) is 2.50. The van der Waals surface area contributed by atoms with Gasteiger partial charge in [-0.2, -0.15) is 13.2 Å². The molecule has 0 radical (unpaired) electrons. The predicted octanol–water partition coefficient (Wildman–Crippen LogP) is 3.59. The Morgan fingerprint density at radius 3 is 2.04 bits per heavy atom. The van der Waals surface area contributed by atoms with Gasteiger partial charge < -0.3 is 5.73 Å². The third-order valence-corrected chi connectivity index (χ3v) is 4.18. The van der Waals surface area contributed by atoms with Gasteiger partial charge in [0.25, 0.3) is 0 Å². The van der Waals surface area contributed by atoms with Crippen molar-refractivity contribution in [1.82, 2.24) is 4.90 Å². The molecule has 0 amide bonds. The Balaban J connectivity index is 1.55. The summed E-state index contributed by atoms with van der Waals surface area (Å²) in [6, 6.07) is 13.5. The van der Waals surface area contributed by atoms with Crippen molar-refractivity contribution in [2.45, 2.75) is 31.7 Å². The summed E-state index contributed by atoms with van der Waals surface area (Å²) in [5, 5.41) is 0. The predicted molar refractivity (Wildman–Crippen MR) is 83.7 cm³/mol. The molecule has 1 heterocycles. The zero-order chi connectivity index (χ0) is 16.4. The van der Waals surface area contributed by atoms with Crippen LogP contribution in [0, 0.1) is 0 Å². The molecule has 5 heteroatoms. The molecule has 0 aromatic heterocycles. The number of alkyl halides is 3. The third-order valence-electron chi connectivity index (χ3n) is 4.18. The monoisotopic (exact) mass is 320 g/mol. The fraction of sp³-hybridized carbons (Fsp3) is 0.333. The lowest BCUT2D eigenvalue weighted by Gasteiger charge is -2.20. The molecular weight excluding hydrogens is 301 g/mol. The van der Waals surface area contributed by atoms with Crippen molar-refractivity contribution in [3.8, 4) is 0 Å². The van der Waals surface area contributed by atoms with E-state index in [2.05, 4.69) is 17.0 Å². The molecule has 0 bridgehead atoms. The standard InChI is InChI=1S/C18H19F3N2/c19-18(20,21)16-7-5-13(6-8-16)9-17(22)12-23-10-14-3-1-2-4-15(14)11-23/h1-8,17H,9-12,22H2/t17-/m0/s1. The lowest BCUT2D eigenvalue weighted by Crippen LogP contribution is -2.36. The number of rotatable bonds is 4. The molecule has 2 aromatic rings. The van der Waals surface area contributed by atoms with E-state index in [9.17, 15) is 13.2 Å². The average molecular weight is 320 g/mol. The van der Waals surface area contributed by atoms with Gasteiger partial charge in [-0.3, -0.25) is 4.90 Å². The van der Waals surface area contributed by atoms with Gasteiger partial charge in [0.15, 0.2) is 0 Å². The van der Waals surface area contributed by atoms with Gasteiger partial charge in [-0.1, -0.05) is 36.4 Å². The Morgan fingerprint density at radius 2 is 1.52 bits per heavy atom. The minimum atomic E-state index is -4.29. The maximum absolute atomic E-state index is 12.6. The molecule has 122 valence electrons. The summed E-state index contributed by atoms with van der Waals surface area (Å²) in [6.07, 6.45) is -3.72. The van der Waals surface area contributed by atoms with E-state index in [1.165, 1.54) is 23.3 Å². The van der Waals surface area contributed by atoms with Crippen molar-refractivity contribution in [3.05, 3.63) is 70.8 Å². The fourth-order valence-electron chi connectivity index (χ4n) is 3.06. The number of nitrogens with zero attached hydrogens (tertiary/aromatic N) is 1. The van der Waals surface area contributed by atoms with Crippen molar-refractivity contribution in [2.75, 3.05) is 6.54 Å². The summed E-state index contributed by atoms with van der Waals surface area (Å²) < 4.78 is 37.7. The highest BCUT2D eigenvalue weighted by Gasteiger charge is 2.30. The van der Waals surface area contributed by atoms with Crippen LogP contribution in [0.15, 0.2) is 48.5 Å². The second kappa shape index (κ2) is 6.34. The molecule has 0 unspecified atom stereocenters. The highest BCUT2D eigenvalue weighted by atomic mass is 19.4. The van der Waals surface area contributed by atoms with Crippen LogP contribution in [-0.4, -0.2) is 17.5 Å². The minimum Gasteiger partial charge on any atom is -0.326 e. The van der Waals surface area contributed by atoms with Gasteiger partial charge >= 0.3 is 6.18 Å². The largest absolute Gasteiger partial charge is 0.416 e. The SMILES string of the molecule is N[C@@H](Cc1ccc(C(F)(F)F)cc1)CN1Cc2ccccc2C1. The molecule has 0 saturated carbocycles. The van der Waals surface area contributed by atoms with Gasteiger partial charge in [0.2, 0.25) is 0 Å². The number of fused-ring (bicyclic) bond motifs is 1. The maximum Gasteiger partial charge on any atom is 0.416 e. The quantitative estimate of drug-likeness (QED) is 0.933. The van der Waals surface area contributed by atoms with E-state index in [0.29, 0.717) is 6.42 Å². The lowest BCUT2D eigenvalue weighted by molar-refractivity contribution is -0.137. The first-order valence-corrected chi connectivity index (χ1v) is 7.62. The maximum atomic E-state index is 12.6. The molecule has 2 N–H and O–H groups in total. The van der Waals surface area contributed by atoms with Crippen LogP contribution in [-0.2, 0) is 25.7 Å².